The lowest BCUT2D eigenvalue weighted by Gasteiger charge is -2.58. The molecule has 32 heavy (non-hydrogen) atoms. The maximum atomic E-state index is 11.7. The van der Waals surface area contributed by atoms with Crippen molar-refractivity contribution >= 4 is 11.7 Å². The average molecular weight is 447 g/mol. The van der Waals surface area contributed by atoms with Gasteiger partial charge >= 0.3 is 5.97 Å². The number of rotatable bonds is 4. The fourth-order valence-electron chi connectivity index (χ4n) is 8.54. The van der Waals surface area contributed by atoms with Crippen LogP contribution in [0.25, 0.3) is 0 Å². The van der Waals surface area contributed by atoms with Gasteiger partial charge in [-0.05, 0) is 74.0 Å². The van der Waals surface area contributed by atoms with E-state index in [9.17, 15) is 20.1 Å². The molecule has 9 unspecified atom stereocenters. The Morgan fingerprint density at radius 3 is 2.62 bits per heavy atom. The van der Waals surface area contributed by atoms with Gasteiger partial charge < -0.3 is 9.94 Å². The van der Waals surface area contributed by atoms with E-state index in [1.54, 1.807) is 6.92 Å². The van der Waals surface area contributed by atoms with Gasteiger partial charge in [0, 0.05) is 37.0 Å². The zero-order valence-electron chi connectivity index (χ0n) is 20.0. The minimum atomic E-state index is -0.651. The molecule has 4 rings (SSSR count). The number of oxime groups is 1. The molecule has 4 aliphatic rings. The molecule has 9 atom stereocenters. The van der Waals surface area contributed by atoms with Crippen molar-refractivity contribution in [2.24, 2.45) is 45.6 Å². The third kappa shape index (κ3) is 3.47. The Balaban J connectivity index is 1.65. The van der Waals surface area contributed by atoms with Crippen molar-refractivity contribution in [3.63, 3.8) is 0 Å². The van der Waals surface area contributed by atoms with Gasteiger partial charge in [-0.25, -0.2) is 0 Å². The Morgan fingerprint density at radius 1 is 1.28 bits per heavy atom. The Bertz CT molecular complexity index is 853. The Kier molecular flexibility index (Phi) is 5.91. The van der Waals surface area contributed by atoms with E-state index in [1.807, 2.05) is 6.92 Å². The summed E-state index contributed by atoms with van der Waals surface area (Å²) in [7, 11) is 0. The molecule has 0 aliphatic heterocycles. The first kappa shape index (κ1) is 23.2. The number of carbonyl (C=O) groups is 1. The second kappa shape index (κ2) is 8.14. The van der Waals surface area contributed by atoms with Crippen LogP contribution in [0.15, 0.2) is 16.8 Å². The predicted octanol–water partition coefficient (Wildman–Crippen LogP) is 5.24. The number of esters is 1. The van der Waals surface area contributed by atoms with Gasteiger partial charge in [0.15, 0.2) is 0 Å². The van der Waals surface area contributed by atoms with Gasteiger partial charge in [-0.1, -0.05) is 30.7 Å². The highest BCUT2D eigenvalue weighted by Gasteiger charge is 2.63. The molecule has 3 fully saturated rings. The summed E-state index contributed by atoms with van der Waals surface area (Å²) in [6, 6.07) is -0.651. The molecule has 0 saturated heterocycles. The highest BCUT2D eigenvalue weighted by atomic mass is 16.6. The molecule has 0 aromatic heterocycles. The molecule has 0 amide bonds. The maximum absolute atomic E-state index is 11.7. The molecule has 0 bridgehead atoms. The fraction of sp³-hybridized carbons (Fsp3) is 0.840. The highest BCUT2D eigenvalue weighted by Crippen LogP contribution is 2.68. The third-order valence-electron chi connectivity index (χ3n) is 10.1. The van der Waals surface area contributed by atoms with Crippen molar-refractivity contribution in [2.75, 3.05) is 0 Å². The van der Waals surface area contributed by atoms with Crippen molar-refractivity contribution in [1.82, 2.24) is 0 Å². The predicted molar refractivity (Wildman–Crippen MR) is 121 cm³/mol. The van der Waals surface area contributed by atoms with Crippen LogP contribution < -0.4 is 0 Å². The second-order valence-corrected chi connectivity index (χ2v) is 11.4. The Labute approximate surface area is 190 Å². The molecule has 0 aromatic rings. The van der Waals surface area contributed by atoms with Gasteiger partial charge in [0.2, 0.25) is 6.04 Å². The van der Waals surface area contributed by atoms with Crippen LogP contribution in [-0.2, 0) is 9.53 Å². The summed E-state index contributed by atoms with van der Waals surface area (Å²) in [5.74, 6) is 1.06. The number of fused-ring (bicyclic) bond motifs is 5. The van der Waals surface area contributed by atoms with Crippen LogP contribution in [0.4, 0.5) is 0 Å². The normalized spacial score (nSPS) is 44.5. The average Bonchev–Trinajstić information content (AvgIpc) is 3.05. The molecule has 0 spiro atoms. The molecule has 178 valence electrons. The quantitative estimate of drug-likeness (QED) is 0.159. The Morgan fingerprint density at radius 2 is 2.00 bits per heavy atom. The van der Waals surface area contributed by atoms with Crippen LogP contribution in [0.5, 0.6) is 0 Å². The molecule has 1 N–H and O–H groups in total. The van der Waals surface area contributed by atoms with E-state index in [0.29, 0.717) is 23.5 Å². The molecule has 7 heteroatoms. The zero-order valence-corrected chi connectivity index (χ0v) is 20.0. The van der Waals surface area contributed by atoms with Gasteiger partial charge in [0.05, 0.1) is 5.71 Å². The van der Waals surface area contributed by atoms with E-state index in [4.69, 9.17) is 4.74 Å². The van der Waals surface area contributed by atoms with Gasteiger partial charge in [0.25, 0.3) is 0 Å². The van der Waals surface area contributed by atoms with E-state index < -0.39 is 6.04 Å². The molecule has 3 saturated carbocycles. The van der Waals surface area contributed by atoms with Crippen LogP contribution in [0.3, 0.4) is 0 Å². The molecular formula is C25H38N2O5. The summed E-state index contributed by atoms with van der Waals surface area (Å²) < 4.78 is 5.54. The fourth-order valence-corrected chi connectivity index (χ4v) is 8.54. The summed E-state index contributed by atoms with van der Waals surface area (Å²) in [6.45, 7) is 9.72. The number of hydrogen-bond acceptors (Lipinski definition) is 6. The summed E-state index contributed by atoms with van der Waals surface area (Å²) in [5.41, 5.74) is 2.12. The van der Waals surface area contributed by atoms with E-state index in [2.05, 4.69) is 25.1 Å². The minimum Gasteiger partial charge on any atom is -0.462 e. The number of nitrogens with zero attached hydrogens (tertiary/aromatic N) is 2. The molecule has 4 aliphatic carbocycles. The zero-order chi connectivity index (χ0) is 23.4. The molecule has 0 aromatic carbocycles. The lowest BCUT2D eigenvalue weighted by Crippen LogP contribution is -2.51. The van der Waals surface area contributed by atoms with Gasteiger partial charge in [0.1, 0.15) is 6.10 Å². The molecule has 0 heterocycles. The van der Waals surface area contributed by atoms with Crippen molar-refractivity contribution in [2.45, 2.75) is 91.7 Å². The topological polar surface area (TPSA) is 102 Å². The first-order chi connectivity index (χ1) is 15.0. The summed E-state index contributed by atoms with van der Waals surface area (Å²) >= 11 is 0. The number of carbonyl (C=O) groups excluding carboxylic acids is 1. The molecule has 0 radical (unpaired) electrons. The first-order valence-electron chi connectivity index (χ1n) is 12.2. The lowest BCUT2D eigenvalue weighted by molar-refractivity contribution is -0.528. The minimum absolute atomic E-state index is 0.0122. The second-order valence-electron chi connectivity index (χ2n) is 11.4. The summed E-state index contributed by atoms with van der Waals surface area (Å²) in [5, 5.41) is 24.9. The highest BCUT2D eigenvalue weighted by molar-refractivity contribution is 5.85. The van der Waals surface area contributed by atoms with Crippen molar-refractivity contribution in [1.29, 1.82) is 0 Å². The van der Waals surface area contributed by atoms with Crippen molar-refractivity contribution < 1.29 is 19.7 Å². The molecule has 7 nitrogen and oxygen atoms in total. The molecular weight excluding hydrogens is 408 g/mol. The van der Waals surface area contributed by atoms with E-state index in [1.165, 1.54) is 12.5 Å². The van der Waals surface area contributed by atoms with Crippen LogP contribution in [-0.4, -0.2) is 34.0 Å². The lowest BCUT2D eigenvalue weighted by atomic mass is 9.47. The number of nitro groups is 1. The third-order valence-corrected chi connectivity index (χ3v) is 10.1. The monoisotopic (exact) mass is 446 g/mol. The maximum Gasteiger partial charge on any atom is 0.302 e. The van der Waals surface area contributed by atoms with E-state index in [0.717, 1.165) is 44.9 Å². The smallest absolute Gasteiger partial charge is 0.302 e. The van der Waals surface area contributed by atoms with Crippen LogP contribution >= 0.6 is 0 Å². The number of hydrogen-bond donors (Lipinski definition) is 1. The summed E-state index contributed by atoms with van der Waals surface area (Å²) in [4.78, 5) is 23.1. The number of ether oxygens (including phenoxy) is 1. The van der Waals surface area contributed by atoms with Crippen LogP contribution in [0, 0.1) is 50.5 Å². The van der Waals surface area contributed by atoms with Crippen LogP contribution in [0.1, 0.15) is 79.6 Å². The van der Waals surface area contributed by atoms with Gasteiger partial charge in [-0.2, -0.15) is 0 Å². The first-order valence-corrected chi connectivity index (χ1v) is 12.2. The largest absolute Gasteiger partial charge is 0.462 e. The van der Waals surface area contributed by atoms with Gasteiger partial charge in [-0.15, -0.1) is 0 Å². The number of allylic oxidation sites excluding steroid dienone is 1. The van der Waals surface area contributed by atoms with E-state index in [-0.39, 0.29) is 39.7 Å². The van der Waals surface area contributed by atoms with Crippen molar-refractivity contribution in [3.05, 3.63) is 21.8 Å². The van der Waals surface area contributed by atoms with Crippen molar-refractivity contribution in [3.8, 4) is 0 Å². The van der Waals surface area contributed by atoms with Gasteiger partial charge in [-0.3, -0.25) is 14.9 Å². The van der Waals surface area contributed by atoms with Crippen LogP contribution in [0.2, 0.25) is 0 Å². The summed E-state index contributed by atoms with van der Waals surface area (Å²) in [6.07, 6.45) is 9.07. The standard InChI is InChI=1S/C25H38N2O5/c1-14(26-29)23-20(15(2)27(30)31)13-22-19-7-6-17-12-18(32-16(3)28)8-10-24(17,4)21(19)9-11-25(22,23)5/h6,15,18-23,29H,7-13H2,1-5H3/b26-14+. The Hall–Kier alpha value is -1.92. The SMILES string of the molecule is CC(=O)OC1CCC2(C)C(=CCC3C2CCC2(C)C3CC(C(C)[N+](=O)[O-])C2/C(C)=N/O)C1. The van der Waals surface area contributed by atoms with E-state index >= 15 is 0 Å².